The Morgan fingerprint density at radius 3 is 2.46 bits per heavy atom. The first-order valence-electron chi connectivity index (χ1n) is 15.5. The van der Waals surface area contributed by atoms with Crippen molar-refractivity contribution < 1.29 is 14.3 Å². The minimum Gasteiger partial charge on any atom is -0.508 e. The topological polar surface area (TPSA) is 52.6 Å². The number of carbonyl (C=O) groups is 1. The van der Waals surface area contributed by atoms with Gasteiger partial charge in [0.05, 0.1) is 5.41 Å². The third-order valence-electron chi connectivity index (χ3n) is 10.5. The fourth-order valence-corrected chi connectivity index (χ4v) is 8.36. The van der Waals surface area contributed by atoms with Gasteiger partial charge >= 0.3 is 0 Å². The highest BCUT2D eigenvalue weighted by atomic mass is 19.1. The van der Waals surface area contributed by atoms with Crippen molar-refractivity contribution in [3.05, 3.63) is 101 Å². The van der Waals surface area contributed by atoms with Crippen LogP contribution in [-0.2, 0) is 22.0 Å². The molecule has 1 heterocycles. The summed E-state index contributed by atoms with van der Waals surface area (Å²) in [7, 11) is 0. The Bertz CT molecular complexity index is 1340. The van der Waals surface area contributed by atoms with Crippen molar-refractivity contribution >= 4 is 5.91 Å². The zero-order valence-corrected chi connectivity index (χ0v) is 24.2. The van der Waals surface area contributed by atoms with Gasteiger partial charge in [-0.3, -0.25) is 9.69 Å². The van der Waals surface area contributed by atoms with E-state index in [0.717, 1.165) is 76.4 Å². The molecule has 4 nitrogen and oxygen atoms in total. The number of piperidine rings is 1. The maximum Gasteiger partial charge on any atom is 0.230 e. The maximum atomic E-state index is 14.2. The number of fused-ring (bicyclic) bond motifs is 2. The molecule has 3 aromatic carbocycles. The van der Waals surface area contributed by atoms with Crippen LogP contribution in [-0.4, -0.2) is 41.1 Å². The summed E-state index contributed by atoms with van der Waals surface area (Å²) in [5.41, 5.74) is 2.81. The van der Waals surface area contributed by atoms with E-state index in [1.807, 2.05) is 12.1 Å². The SMILES string of the molecule is C[C@H]1CN(CCCc2ccccc2)[C@@H]2C[C@@H](NC(=O)C3(c4ccc(F)cc4)CCCC3)C[C@@]1(c1cccc(O)c1)C2. The van der Waals surface area contributed by atoms with E-state index in [1.54, 1.807) is 18.2 Å². The van der Waals surface area contributed by atoms with Crippen molar-refractivity contribution in [1.82, 2.24) is 10.2 Å². The van der Waals surface area contributed by atoms with Gasteiger partial charge < -0.3 is 10.4 Å². The molecule has 4 atom stereocenters. The van der Waals surface area contributed by atoms with Gasteiger partial charge in [-0.1, -0.05) is 74.4 Å². The molecule has 0 unspecified atom stereocenters. The molecule has 1 amide bonds. The van der Waals surface area contributed by atoms with E-state index < -0.39 is 5.41 Å². The average molecular weight is 555 g/mol. The van der Waals surface area contributed by atoms with Gasteiger partial charge in [0.25, 0.3) is 0 Å². The van der Waals surface area contributed by atoms with E-state index in [9.17, 15) is 14.3 Å². The van der Waals surface area contributed by atoms with E-state index in [1.165, 1.54) is 23.3 Å². The molecule has 3 aliphatic rings. The maximum absolute atomic E-state index is 14.2. The Kier molecular flexibility index (Phi) is 7.91. The lowest BCUT2D eigenvalue weighted by Crippen LogP contribution is -2.62. The second-order valence-electron chi connectivity index (χ2n) is 13.0. The van der Waals surface area contributed by atoms with E-state index >= 15 is 0 Å². The van der Waals surface area contributed by atoms with Gasteiger partial charge in [-0.2, -0.15) is 0 Å². The first kappa shape index (κ1) is 28.0. The molecule has 1 aliphatic heterocycles. The Morgan fingerprint density at radius 1 is 0.976 bits per heavy atom. The number of carbonyl (C=O) groups excluding carboxylic acids is 1. The number of benzene rings is 3. The minimum atomic E-state index is -0.584. The predicted molar refractivity (Wildman–Crippen MR) is 161 cm³/mol. The molecule has 1 saturated heterocycles. The largest absolute Gasteiger partial charge is 0.508 e. The second-order valence-corrected chi connectivity index (χ2v) is 13.0. The lowest BCUT2D eigenvalue weighted by atomic mass is 9.57. The molecule has 2 aliphatic carbocycles. The van der Waals surface area contributed by atoms with Gasteiger partial charge in [0.1, 0.15) is 11.6 Å². The third kappa shape index (κ3) is 5.53. The molecule has 6 rings (SSSR count). The summed E-state index contributed by atoms with van der Waals surface area (Å²) >= 11 is 0. The number of phenols is 1. The first-order valence-corrected chi connectivity index (χ1v) is 15.5. The summed E-state index contributed by atoms with van der Waals surface area (Å²) in [5, 5.41) is 14.0. The van der Waals surface area contributed by atoms with Crippen molar-refractivity contribution in [2.24, 2.45) is 5.92 Å². The molecule has 41 heavy (non-hydrogen) atoms. The number of phenolic OH excluding ortho intramolecular Hbond substituents is 1. The van der Waals surface area contributed by atoms with Gasteiger partial charge in [-0.25, -0.2) is 4.39 Å². The summed E-state index contributed by atoms with van der Waals surface area (Å²) in [6, 6.07) is 25.5. The lowest BCUT2D eigenvalue weighted by Gasteiger charge is -2.57. The summed E-state index contributed by atoms with van der Waals surface area (Å²) in [5.74, 6) is 0.519. The van der Waals surface area contributed by atoms with Crippen molar-refractivity contribution in [3.8, 4) is 5.75 Å². The van der Waals surface area contributed by atoms with Crippen LogP contribution in [0.3, 0.4) is 0 Å². The number of nitrogens with one attached hydrogen (secondary N) is 1. The standard InChI is InChI=1S/C36H43FN2O2/c1-26-25-39(20-8-11-27-9-3-2-4-10-27)32-22-31(23-36(26,24-32)29-12-7-13-33(40)21-29)38-34(41)35(18-5-6-19-35)28-14-16-30(37)17-15-28/h2-4,7,9-10,12-17,21,26,31-32,40H,5-6,8,11,18-20,22-25H2,1H3,(H,38,41)/t26-,31+,32+,36+/m0/s1. The molecule has 0 aromatic heterocycles. The minimum absolute atomic E-state index is 0.0425. The van der Waals surface area contributed by atoms with Gasteiger partial charge in [0.15, 0.2) is 0 Å². The molecule has 2 bridgehead atoms. The smallest absolute Gasteiger partial charge is 0.230 e. The third-order valence-corrected chi connectivity index (χ3v) is 10.5. The van der Waals surface area contributed by atoms with Crippen LogP contribution in [0.5, 0.6) is 5.75 Å². The van der Waals surface area contributed by atoms with E-state index in [2.05, 4.69) is 53.5 Å². The van der Waals surface area contributed by atoms with E-state index in [4.69, 9.17) is 0 Å². The van der Waals surface area contributed by atoms with Crippen LogP contribution in [0.25, 0.3) is 0 Å². The van der Waals surface area contributed by atoms with Crippen molar-refractivity contribution in [1.29, 1.82) is 0 Å². The number of rotatable bonds is 8. The summed E-state index contributed by atoms with van der Waals surface area (Å²) in [4.78, 5) is 16.8. The Morgan fingerprint density at radius 2 is 1.73 bits per heavy atom. The van der Waals surface area contributed by atoms with Crippen LogP contribution in [0.2, 0.25) is 0 Å². The van der Waals surface area contributed by atoms with Crippen molar-refractivity contribution in [3.63, 3.8) is 0 Å². The monoisotopic (exact) mass is 554 g/mol. The summed E-state index contributed by atoms with van der Waals surface area (Å²) in [6.07, 6.45) is 8.66. The molecule has 5 heteroatoms. The quantitative estimate of drug-likeness (QED) is 0.318. The zero-order valence-electron chi connectivity index (χ0n) is 24.2. The molecular weight excluding hydrogens is 511 g/mol. The highest BCUT2D eigenvalue weighted by Gasteiger charge is 2.52. The highest BCUT2D eigenvalue weighted by Crippen LogP contribution is 2.51. The fourth-order valence-electron chi connectivity index (χ4n) is 8.36. The molecule has 2 saturated carbocycles. The number of aromatic hydroxyl groups is 1. The van der Waals surface area contributed by atoms with E-state index in [-0.39, 0.29) is 23.2 Å². The van der Waals surface area contributed by atoms with Crippen LogP contribution in [0.4, 0.5) is 4.39 Å². The molecule has 216 valence electrons. The Hall–Kier alpha value is -3.18. The van der Waals surface area contributed by atoms with Crippen LogP contribution in [0.15, 0.2) is 78.9 Å². The number of likely N-dealkylation sites (tertiary alicyclic amines) is 1. The van der Waals surface area contributed by atoms with E-state index in [0.29, 0.717) is 17.7 Å². The average Bonchev–Trinajstić information content (AvgIpc) is 3.48. The number of nitrogens with zero attached hydrogens (tertiary/aromatic N) is 1. The lowest BCUT2D eigenvalue weighted by molar-refractivity contribution is -0.128. The molecule has 3 aromatic rings. The van der Waals surface area contributed by atoms with Gasteiger partial charge in [-0.15, -0.1) is 0 Å². The molecule has 0 spiro atoms. The zero-order chi connectivity index (χ0) is 28.5. The normalized spacial score (nSPS) is 27.4. The number of amides is 1. The Balaban J connectivity index is 1.25. The van der Waals surface area contributed by atoms with Gasteiger partial charge in [0.2, 0.25) is 5.91 Å². The molecule has 0 radical (unpaired) electrons. The fraction of sp³-hybridized carbons (Fsp3) is 0.472. The predicted octanol–water partition coefficient (Wildman–Crippen LogP) is 6.90. The summed E-state index contributed by atoms with van der Waals surface area (Å²) < 4.78 is 13.8. The van der Waals surface area contributed by atoms with Crippen LogP contribution in [0.1, 0.15) is 75.0 Å². The van der Waals surface area contributed by atoms with Gasteiger partial charge in [-0.05, 0) is 98.4 Å². The van der Waals surface area contributed by atoms with Crippen molar-refractivity contribution in [2.75, 3.05) is 13.1 Å². The molecular formula is C36H43FN2O2. The number of halogens is 1. The molecule has 2 N–H and O–H groups in total. The van der Waals surface area contributed by atoms with Gasteiger partial charge in [0, 0.05) is 24.0 Å². The second kappa shape index (κ2) is 11.6. The van der Waals surface area contributed by atoms with Crippen molar-refractivity contribution in [2.45, 2.75) is 87.6 Å². The number of hydrogen-bond acceptors (Lipinski definition) is 3. The molecule has 3 fully saturated rings. The first-order chi connectivity index (χ1) is 19.9. The van der Waals surface area contributed by atoms with Crippen LogP contribution < -0.4 is 5.32 Å². The highest BCUT2D eigenvalue weighted by molar-refractivity contribution is 5.89. The summed E-state index contributed by atoms with van der Waals surface area (Å²) in [6.45, 7) is 4.42. The number of hydrogen-bond donors (Lipinski definition) is 2. The van der Waals surface area contributed by atoms with Crippen LogP contribution >= 0.6 is 0 Å². The Labute approximate surface area is 244 Å². The number of aryl methyl sites for hydroxylation is 1. The van der Waals surface area contributed by atoms with Crippen LogP contribution in [0, 0.1) is 11.7 Å².